The molecule has 0 saturated heterocycles. The van der Waals surface area contributed by atoms with Crippen molar-refractivity contribution in [3.05, 3.63) is 53.9 Å². The molecule has 25 heavy (non-hydrogen) atoms. The number of nitrogens with one attached hydrogen (secondary N) is 2. The summed E-state index contributed by atoms with van der Waals surface area (Å²) in [6.07, 6.45) is 2.66. The highest BCUT2D eigenvalue weighted by Crippen LogP contribution is 2.24. The molecule has 6 heteroatoms. The van der Waals surface area contributed by atoms with Gasteiger partial charge >= 0.3 is 0 Å². The summed E-state index contributed by atoms with van der Waals surface area (Å²) in [5, 5.41) is 5.97. The van der Waals surface area contributed by atoms with E-state index in [0.29, 0.717) is 19.7 Å². The lowest BCUT2D eigenvalue weighted by Gasteiger charge is -2.13. The predicted octanol–water partition coefficient (Wildman–Crippen LogP) is 2.29. The number of ether oxygens (including phenoxy) is 2. The minimum Gasteiger partial charge on any atom is -0.497 e. The van der Waals surface area contributed by atoms with Crippen molar-refractivity contribution in [2.24, 2.45) is 0 Å². The van der Waals surface area contributed by atoms with Crippen LogP contribution in [-0.2, 0) is 17.9 Å². The van der Waals surface area contributed by atoms with Gasteiger partial charge in [0.25, 0.3) is 0 Å². The van der Waals surface area contributed by atoms with Crippen molar-refractivity contribution >= 4 is 5.91 Å². The first kappa shape index (κ1) is 18.7. The number of benzene rings is 1. The fourth-order valence-corrected chi connectivity index (χ4v) is 2.23. The Hall–Kier alpha value is -2.60. The van der Waals surface area contributed by atoms with Gasteiger partial charge in [-0.1, -0.05) is 13.0 Å². The van der Waals surface area contributed by atoms with Crippen LogP contribution in [0.1, 0.15) is 24.6 Å². The summed E-state index contributed by atoms with van der Waals surface area (Å²) in [7, 11) is 1.62. The quantitative estimate of drug-likeness (QED) is 0.692. The molecule has 0 saturated carbocycles. The second-order valence-electron chi connectivity index (χ2n) is 5.54. The van der Waals surface area contributed by atoms with E-state index in [2.05, 4.69) is 15.6 Å². The zero-order valence-electron chi connectivity index (χ0n) is 14.7. The second-order valence-corrected chi connectivity index (χ2v) is 5.54. The van der Waals surface area contributed by atoms with Crippen molar-refractivity contribution in [2.45, 2.75) is 26.5 Å². The van der Waals surface area contributed by atoms with E-state index in [9.17, 15) is 4.79 Å². The van der Waals surface area contributed by atoms with Gasteiger partial charge in [-0.2, -0.15) is 0 Å². The summed E-state index contributed by atoms with van der Waals surface area (Å²) in [4.78, 5) is 15.9. The van der Waals surface area contributed by atoms with Crippen LogP contribution in [0.25, 0.3) is 0 Å². The molecule has 2 N–H and O–H groups in total. The Morgan fingerprint density at radius 3 is 2.84 bits per heavy atom. The third kappa shape index (κ3) is 6.43. The van der Waals surface area contributed by atoms with Crippen LogP contribution in [0.4, 0.5) is 0 Å². The highest BCUT2D eigenvalue weighted by molar-refractivity contribution is 5.77. The summed E-state index contributed by atoms with van der Waals surface area (Å²) in [5.74, 6) is 1.48. The Morgan fingerprint density at radius 1 is 1.24 bits per heavy atom. The molecule has 2 aromatic rings. The van der Waals surface area contributed by atoms with Crippen molar-refractivity contribution in [3.63, 3.8) is 0 Å². The van der Waals surface area contributed by atoms with Crippen LogP contribution in [0.5, 0.6) is 11.5 Å². The number of nitrogens with zero attached hydrogens (tertiary/aromatic N) is 1. The number of pyridine rings is 1. The standard InChI is InChI=1S/C19H25N3O3/c1-3-9-22-19(23)13-20-12-15-11-17(24-2)7-8-18(15)25-14-16-6-4-5-10-21-16/h4-8,10-11,20H,3,9,12-14H2,1-2H3,(H,22,23). The lowest BCUT2D eigenvalue weighted by molar-refractivity contribution is -0.120. The Kier molecular flexibility index (Phi) is 7.72. The van der Waals surface area contributed by atoms with Gasteiger partial charge in [-0.3, -0.25) is 9.78 Å². The SMILES string of the molecule is CCCNC(=O)CNCc1cc(OC)ccc1OCc1ccccn1. The zero-order valence-corrected chi connectivity index (χ0v) is 14.7. The first-order valence-electron chi connectivity index (χ1n) is 8.40. The van der Waals surface area contributed by atoms with E-state index in [4.69, 9.17) is 9.47 Å². The Morgan fingerprint density at radius 2 is 2.12 bits per heavy atom. The Bertz CT molecular complexity index is 662. The van der Waals surface area contributed by atoms with E-state index in [1.165, 1.54) is 0 Å². The zero-order chi connectivity index (χ0) is 17.9. The number of rotatable bonds is 10. The predicted molar refractivity (Wildman–Crippen MR) is 96.6 cm³/mol. The number of carbonyl (C=O) groups excluding carboxylic acids is 1. The highest BCUT2D eigenvalue weighted by atomic mass is 16.5. The van der Waals surface area contributed by atoms with Gasteiger partial charge in [0.15, 0.2) is 0 Å². The molecule has 0 aliphatic rings. The van der Waals surface area contributed by atoms with E-state index >= 15 is 0 Å². The molecule has 0 fully saturated rings. The number of hydrogen-bond donors (Lipinski definition) is 2. The molecule has 0 atom stereocenters. The van der Waals surface area contributed by atoms with Crippen molar-refractivity contribution in [1.29, 1.82) is 0 Å². The van der Waals surface area contributed by atoms with Crippen molar-refractivity contribution in [1.82, 2.24) is 15.6 Å². The van der Waals surface area contributed by atoms with E-state index < -0.39 is 0 Å². The van der Waals surface area contributed by atoms with Gasteiger partial charge < -0.3 is 20.1 Å². The Balaban J connectivity index is 1.95. The van der Waals surface area contributed by atoms with Gasteiger partial charge in [0, 0.05) is 24.8 Å². The molecule has 0 spiro atoms. The first-order chi connectivity index (χ1) is 12.2. The topological polar surface area (TPSA) is 72.5 Å². The van der Waals surface area contributed by atoms with Gasteiger partial charge in [-0.15, -0.1) is 0 Å². The smallest absolute Gasteiger partial charge is 0.233 e. The van der Waals surface area contributed by atoms with Crippen LogP contribution >= 0.6 is 0 Å². The number of methoxy groups -OCH3 is 1. The minimum atomic E-state index is -0.0132. The van der Waals surface area contributed by atoms with Crippen molar-refractivity contribution in [3.8, 4) is 11.5 Å². The summed E-state index contributed by atoms with van der Waals surface area (Å²) in [6, 6.07) is 11.3. The fraction of sp³-hybridized carbons (Fsp3) is 0.368. The third-order valence-electron chi connectivity index (χ3n) is 3.54. The molecule has 134 valence electrons. The maximum absolute atomic E-state index is 11.7. The minimum absolute atomic E-state index is 0.0132. The van der Waals surface area contributed by atoms with E-state index in [0.717, 1.165) is 29.2 Å². The van der Waals surface area contributed by atoms with Gasteiger partial charge in [0.2, 0.25) is 5.91 Å². The summed E-state index contributed by atoms with van der Waals surface area (Å²) in [6.45, 7) is 3.87. The normalized spacial score (nSPS) is 10.3. The lowest BCUT2D eigenvalue weighted by atomic mass is 10.2. The summed E-state index contributed by atoms with van der Waals surface area (Å²) < 4.78 is 11.2. The number of hydrogen-bond acceptors (Lipinski definition) is 5. The van der Waals surface area contributed by atoms with Crippen LogP contribution in [0.15, 0.2) is 42.6 Å². The van der Waals surface area contributed by atoms with Crippen LogP contribution < -0.4 is 20.1 Å². The molecular weight excluding hydrogens is 318 g/mol. The maximum atomic E-state index is 11.7. The molecule has 1 aromatic carbocycles. The molecule has 0 aliphatic heterocycles. The summed E-state index contributed by atoms with van der Waals surface area (Å²) in [5.41, 5.74) is 1.79. The molecule has 2 rings (SSSR count). The Labute approximate surface area is 148 Å². The van der Waals surface area contributed by atoms with Crippen LogP contribution in [0.2, 0.25) is 0 Å². The van der Waals surface area contributed by atoms with Crippen molar-refractivity contribution in [2.75, 3.05) is 20.2 Å². The lowest BCUT2D eigenvalue weighted by Crippen LogP contribution is -2.34. The second kappa shape index (κ2) is 10.3. The average Bonchev–Trinajstić information content (AvgIpc) is 2.66. The third-order valence-corrected chi connectivity index (χ3v) is 3.54. The molecule has 0 radical (unpaired) electrons. The van der Waals surface area contributed by atoms with Gasteiger partial charge in [-0.05, 0) is 36.8 Å². The molecule has 1 amide bonds. The van der Waals surface area contributed by atoms with Crippen molar-refractivity contribution < 1.29 is 14.3 Å². The fourth-order valence-electron chi connectivity index (χ4n) is 2.23. The van der Waals surface area contributed by atoms with E-state index in [-0.39, 0.29) is 12.5 Å². The molecule has 6 nitrogen and oxygen atoms in total. The maximum Gasteiger partial charge on any atom is 0.233 e. The van der Waals surface area contributed by atoms with Crippen LogP contribution in [0, 0.1) is 0 Å². The van der Waals surface area contributed by atoms with Gasteiger partial charge in [-0.25, -0.2) is 0 Å². The molecule has 0 bridgehead atoms. The average molecular weight is 343 g/mol. The molecule has 1 heterocycles. The molecule has 1 aromatic heterocycles. The summed E-state index contributed by atoms with van der Waals surface area (Å²) >= 11 is 0. The van der Waals surface area contributed by atoms with Gasteiger partial charge in [0.05, 0.1) is 19.3 Å². The number of aromatic nitrogens is 1. The monoisotopic (exact) mass is 343 g/mol. The molecule has 0 aliphatic carbocycles. The van der Waals surface area contributed by atoms with Gasteiger partial charge in [0.1, 0.15) is 18.1 Å². The largest absolute Gasteiger partial charge is 0.497 e. The van der Waals surface area contributed by atoms with Crippen LogP contribution in [-0.4, -0.2) is 31.1 Å². The molecule has 0 unspecified atom stereocenters. The first-order valence-corrected chi connectivity index (χ1v) is 8.40. The number of amides is 1. The van der Waals surface area contributed by atoms with Crippen LogP contribution in [0.3, 0.4) is 0 Å². The molecular formula is C19H25N3O3. The van der Waals surface area contributed by atoms with E-state index in [1.807, 2.05) is 43.3 Å². The van der Waals surface area contributed by atoms with E-state index in [1.54, 1.807) is 13.3 Å². The highest BCUT2D eigenvalue weighted by Gasteiger charge is 2.08. The number of carbonyl (C=O) groups is 1.